The van der Waals surface area contributed by atoms with Crippen molar-refractivity contribution < 1.29 is 9.36 Å². The van der Waals surface area contributed by atoms with Crippen LogP contribution in [0.1, 0.15) is 25.0 Å². The van der Waals surface area contributed by atoms with Gasteiger partial charge < -0.3 is 9.42 Å². The van der Waals surface area contributed by atoms with Crippen molar-refractivity contribution in [1.29, 1.82) is 0 Å². The van der Waals surface area contributed by atoms with Gasteiger partial charge in [0.1, 0.15) is 11.4 Å². The lowest BCUT2D eigenvalue weighted by molar-refractivity contribution is -0.150. The van der Waals surface area contributed by atoms with E-state index >= 15 is 0 Å². The number of piperidine rings is 3. The summed E-state index contributed by atoms with van der Waals surface area (Å²) >= 11 is 0. The minimum Gasteiger partial charge on any atom is -0.356 e. The molecule has 2 aromatic rings. The number of rotatable bonds is 1. The van der Waals surface area contributed by atoms with Crippen molar-refractivity contribution in [2.45, 2.75) is 31.8 Å². The molecular weight excluding hydrogens is 292 g/mol. The smallest absolute Gasteiger partial charge is 0.169 e. The van der Waals surface area contributed by atoms with Crippen LogP contribution in [0.2, 0.25) is 0 Å². The lowest BCUT2D eigenvalue weighted by Crippen LogP contribution is -2.59. The highest BCUT2D eigenvalue weighted by atomic mass is 16.7. The quantitative estimate of drug-likeness (QED) is 0.877. The number of amidine groups is 1. The Morgan fingerprint density at radius 3 is 3.00 bits per heavy atom. The number of nitrogens with one attached hydrogen (secondary N) is 1. The van der Waals surface area contributed by atoms with Gasteiger partial charge in [0.25, 0.3) is 0 Å². The molecule has 6 heteroatoms. The van der Waals surface area contributed by atoms with Gasteiger partial charge in [0.2, 0.25) is 0 Å². The van der Waals surface area contributed by atoms with Gasteiger partial charge in [-0.3, -0.25) is 10.3 Å². The van der Waals surface area contributed by atoms with Crippen molar-refractivity contribution in [3.05, 3.63) is 23.9 Å². The summed E-state index contributed by atoms with van der Waals surface area (Å²) in [6.07, 6.45) is 3.33. The van der Waals surface area contributed by atoms with Crippen LogP contribution in [0, 0.1) is 12.8 Å². The van der Waals surface area contributed by atoms with Crippen molar-refractivity contribution in [2.24, 2.45) is 10.9 Å². The van der Waals surface area contributed by atoms with Crippen LogP contribution in [0.5, 0.6) is 0 Å². The van der Waals surface area contributed by atoms with E-state index in [1.165, 1.54) is 25.9 Å². The normalized spacial score (nSPS) is 34.6. The van der Waals surface area contributed by atoms with Crippen molar-refractivity contribution in [1.82, 2.24) is 15.5 Å². The highest BCUT2D eigenvalue weighted by Crippen LogP contribution is 2.42. The summed E-state index contributed by atoms with van der Waals surface area (Å²) < 4.78 is 5.33. The molecule has 1 aromatic heterocycles. The Morgan fingerprint density at radius 2 is 2.22 bits per heavy atom. The fraction of sp³-hybridized carbons (Fsp3) is 0.529. The predicted octanol–water partition coefficient (Wildman–Crippen LogP) is 2.56. The molecule has 120 valence electrons. The Balaban J connectivity index is 1.42. The van der Waals surface area contributed by atoms with Crippen LogP contribution in [-0.2, 0) is 4.84 Å². The number of fused-ring (bicyclic) bond motifs is 3. The van der Waals surface area contributed by atoms with E-state index in [2.05, 4.69) is 15.5 Å². The standard InChI is InChI=1S/C17H20N4O2/c1-11-14-3-2-13(8-15(14)22-19-11)18-16-9-17(23-20-16)10-21-6-4-12(17)5-7-21/h2-3,8,12H,4-7,9-10H2,1H3,(H,18,20). The Hall–Kier alpha value is -1.92. The molecule has 0 radical (unpaired) electrons. The van der Waals surface area contributed by atoms with Crippen molar-refractivity contribution in [2.75, 3.05) is 19.6 Å². The Morgan fingerprint density at radius 1 is 1.35 bits per heavy atom. The number of benzene rings is 1. The molecular formula is C17H20N4O2. The van der Waals surface area contributed by atoms with Crippen LogP contribution in [0.3, 0.4) is 0 Å². The van der Waals surface area contributed by atoms with Crippen LogP contribution < -0.4 is 5.48 Å². The third kappa shape index (κ3) is 2.09. The lowest BCUT2D eigenvalue weighted by Gasteiger charge is -2.49. The average Bonchev–Trinajstić information content (AvgIpc) is 3.13. The minimum absolute atomic E-state index is 0.0811. The number of aromatic nitrogens is 1. The Kier molecular flexibility index (Phi) is 2.81. The van der Waals surface area contributed by atoms with Crippen LogP contribution in [0.25, 0.3) is 11.0 Å². The van der Waals surface area contributed by atoms with Gasteiger partial charge in [-0.15, -0.1) is 0 Å². The molecule has 0 aliphatic carbocycles. The van der Waals surface area contributed by atoms with Crippen molar-refractivity contribution in [3.63, 3.8) is 0 Å². The van der Waals surface area contributed by atoms with E-state index < -0.39 is 0 Å². The Labute approximate surface area is 134 Å². The first kappa shape index (κ1) is 13.5. The van der Waals surface area contributed by atoms with Crippen LogP contribution >= 0.6 is 0 Å². The first-order valence-corrected chi connectivity index (χ1v) is 8.32. The predicted molar refractivity (Wildman–Crippen MR) is 86.6 cm³/mol. The van der Waals surface area contributed by atoms with E-state index in [0.717, 1.165) is 41.2 Å². The largest absolute Gasteiger partial charge is 0.356 e. The zero-order valence-corrected chi connectivity index (χ0v) is 13.2. The van der Waals surface area contributed by atoms with Gasteiger partial charge in [0, 0.05) is 24.4 Å². The number of hydrogen-bond acceptors (Lipinski definition) is 5. The third-order valence-corrected chi connectivity index (χ3v) is 5.56. The average molecular weight is 312 g/mol. The first-order valence-electron chi connectivity index (χ1n) is 8.32. The van der Waals surface area contributed by atoms with E-state index in [1.54, 1.807) is 0 Å². The highest BCUT2D eigenvalue weighted by molar-refractivity contribution is 5.88. The van der Waals surface area contributed by atoms with E-state index in [4.69, 9.17) is 14.4 Å². The number of hydroxylamine groups is 1. The van der Waals surface area contributed by atoms with Gasteiger partial charge in [-0.05, 0) is 50.9 Å². The summed E-state index contributed by atoms with van der Waals surface area (Å²) in [5, 5.41) is 5.03. The van der Waals surface area contributed by atoms with Gasteiger partial charge in [-0.1, -0.05) is 5.16 Å². The SMILES string of the molecule is Cc1noc2cc(N=C3CC4(CN5CCC4CC5)ON3)ccc12. The Bertz CT molecular complexity index is 791. The van der Waals surface area contributed by atoms with Crippen LogP contribution in [0.15, 0.2) is 27.7 Å². The molecule has 0 saturated carbocycles. The zero-order valence-electron chi connectivity index (χ0n) is 13.2. The van der Waals surface area contributed by atoms with Crippen LogP contribution in [0.4, 0.5) is 5.69 Å². The molecule has 6 rings (SSSR count). The molecule has 23 heavy (non-hydrogen) atoms. The van der Waals surface area contributed by atoms with E-state index in [0.29, 0.717) is 5.92 Å². The summed E-state index contributed by atoms with van der Waals surface area (Å²) in [6.45, 7) is 5.39. The van der Waals surface area contributed by atoms with Crippen molar-refractivity contribution in [3.8, 4) is 0 Å². The van der Waals surface area contributed by atoms with E-state index in [9.17, 15) is 0 Å². The third-order valence-electron chi connectivity index (χ3n) is 5.56. The molecule has 1 N–H and O–H groups in total. The summed E-state index contributed by atoms with van der Waals surface area (Å²) in [7, 11) is 0. The molecule has 6 nitrogen and oxygen atoms in total. The molecule has 1 atom stereocenters. The van der Waals surface area contributed by atoms with Crippen LogP contribution in [-0.4, -0.2) is 41.1 Å². The number of aliphatic imine (C=N–C) groups is 1. The van der Waals surface area contributed by atoms with Gasteiger partial charge >= 0.3 is 0 Å². The maximum Gasteiger partial charge on any atom is 0.169 e. The molecule has 4 fully saturated rings. The molecule has 4 saturated heterocycles. The number of hydrogen-bond donors (Lipinski definition) is 1. The first-order chi connectivity index (χ1) is 11.2. The molecule has 4 aliphatic heterocycles. The van der Waals surface area contributed by atoms with Gasteiger partial charge in [-0.25, -0.2) is 4.99 Å². The molecule has 1 unspecified atom stereocenters. The molecule has 2 bridgehead atoms. The van der Waals surface area contributed by atoms with Gasteiger partial charge in [-0.2, -0.15) is 0 Å². The minimum atomic E-state index is -0.0811. The molecule has 0 amide bonds. The summed E-state index contributed by atoms with van der Waals surface area (Å²) in [5.74, 6) is 1.56. The fourth-order valence-electron chi connectivity index (χ4n) is 4.30. The molecule has 5 heterocycles. The topological polar surface area (TPSA) is 62.9 Å². The molecule has 1 spiro atoms. The van der Waals surface area contributed by atoms with E-state index in [-0.39, 0.29) is 5.60 Å². The van der Waals surface area contributed by atoms with Gasteiger partial charge in [0.05, 0.1) is 11.4 Å². The van der Waals surface area contributed by atoms with E-state index in [1.807, 2.05) is 25.1 Å². The monoisotopic (exact) mass is 312 g/mol. The summed E-state index contributed by atoms with van der Waals surface area (Å²) in [5.41, 5.74) is 5.56. The second-order valence-electron chi connectivity index (χ2n) is 7.00. The van der Waals surface area contributed by atoms with Gasteiger partial charge in [0.15, 0.2) is 5.58 Å². The van der Waals surface area contributed by atoms with Crippen molar-refractivity contribution >= 4 is 22.5 Å². The second-order valence-corrected chi connectivity index (χ2v) is 7.00. The maximum absolute atomic E-state index is 6.03. The molecule has 4 aliphatic rings. The molecule has 1 aromatic carbocycles. The second kappa shape index (κ2) is 4.79. The zero-order chi connectivity index (χ0) is 15.4. The number of nitrogens with zero attached hydrogens (tertiary/aromatic N) is 3. The highest BCUT2D eigenvalue weighted by Gasteiger charge is 2.52. The summed E-state index contributed by atoms with van der Waals surface area (Å²) in [6, 6.07) is 5.95. The maximum atomic E-state index is 6.03. The number of aryl methyl sites for hydroxylation is 1. The summed E-state index contributed by atoms with van der Waals surface area (Å²) in [4.78, 5) is 13.3. The fourth-order valence-corrected chi connectivity index (χ4v) is 4.30. The lowest BCUT2D eigenvalue weighted by atomic mass is 9.74.